The topological polar surface area (TPSA) is 38.0 Å². The van der Waals surface area contributed by atoms with E-state index in [0.29, 0.717) is 0 Å². The average Bonchev–Trinajstić information content (AvgIpc) is 2.22. The zero-order chi connectivity index (χ0) is 6.27. The van der Waals surface area contributed by atoms with Crippen molar-refractivity contribution in [2.24, 2.45) is 0 Å². The summed E-state index contributed by atoms with van der Waals surface area (Å²) in [6.45, 7) is 0.980. The van der Waals surface area contributed by atoms with Crippen LogP contribution in [0.15, 0.2) is 11.4 Å². The second kappa shape index (κ2) is 1.67. The SMILES string of the molecule is Oc1cn2c(n1)SCC2. The third-order valence-electron chi connectivity index (χ3n) is 1.29. The van der Waals surface area contributed by atoms with Crippen molar-refractivity contribution in [3.05, 3.63) is 6.20 Å². The number of thioether (sulfide) groups is 1. The zero-order valence-electron chi connectivity index (χ0n) is 4.74. The van der Waals surface area contributed by atoms with Gasteiger partial charge in [-0.3, -0.25) is 0 Å². The molecule has 2 rings (SSSR count). The molecule has 0 bridgehead atoms. The Morgan fingerprint density at radius 3 is 3.44 bits per heavy atom. The maximum atomic E-state index is 8.85. The number of rotatable bonds is 0. The van der Waals surface area contributed by atoms with Gasteiger partial charge in [0.1, 0.15) is 0 Å². The van der Waals surface area contributed by atoms with Crippen molar-refractivity contribution in [2.75, 3.05) is 5.75 Å². The summed E-state index contributed by atoms with van der Waals surface area (Å²) >= 11 is 1.68. The fraction of sp³-hybridized carbons (Fsp3) is 0.400. The molecule has 4 heteroatoms. The van der Waals surface area contributed by atoms with Gasteiger partial charge in [-0.05, 0) is 0 Å². The number of hydrogen-bond donors (Lipinski definition) is 1. The molecule has 0 atom stereocenters. The van der Waals surface area contributed by atoms with Gasteiger partial charge in [0.25, 0.3) is 0 Å². The minimum atomic E-state index is 0.136. The van der Waals surface area contributed by atoms with E-state index in [1.54, 1.807) is 18.0 Å². The molecule has 1 aromatic heterocycles. The summed E-state index contributed by atoms with van der Waals surface area (Å²) in [5.41, 5.74) is 0. The monoisotopic (exact) mass is 142 g/mol. The highest BCUT2D eigenvalue weighted by Crippen LogP contribution is 2.26. The van der Waals surface area contributed by atoms with Crippen LogP contribution in [0, 0.1) is 0 Å². The van der Waals surface area contributed by atoms with E-state index in [1.807, 2.05) is 4.57 Å². The van der Waals surface area contributed by atoms with Crippen molar-refractivity contribution >= 4 is 11.8 Å². The molecule has 9 heavy (non-hydrogen) atoms. The maximum Gasteiger partial charge on any atom is 0.230 e. The largest absolute Gasteiger partial charge is 0.492 e. The van der Waals surface area contributed by atoms with Gasteiger partial charge in [0, 0.05) is 12.3 Å². The molecule has 1 aromatic rings. The Morgan fingerprint density at radius 2 is 2.67 bits per heavy atom. The van der Waals surface area contributed by atoms with E-state index < -0.39 is 0 Å². The summed E-state index contributed by atoms with van der Waals surface area (Å²) in [7, 11) is 0. The van der Waals surface area contributed by atoms with E-state index in [0.717, 1.165) is 17.5 Å². The summed E-state index contributed by atoms with van der Waals surface area (Å²) in [4.78, 5) is 3.87. The number of imidazole rings is 1. The fourth-order valence-corrected chi connectivity index (χ4v) is 1.83. The first-order valence-corrected chi connectivity index (χ1v) is 3.74. The lowest BCUT2D eigenvalue weighted by atomic mass is 10.7. The summed E-state index contributed by atoms with van der Waals surface area (Å²) in [6, 6.07) is 0. The molecule has 0 saturated carbocycles. The first kappa shape index (κ1) is 5.17. The van der Waals surface area contributed by atoms with Crippen molar-refractivity contribution in [2.45, 2.75) is 11.7 Å². The molecule has 1 aliphatic heterocycles. The number of nitrogens with zero attached hydrogens (tertiary/aromatic N) is 2. The molecular formula is C5H6N2OS. The van der Waals surface area contributed by atoms with Crippen molar-refractivity contribution < 1.29 is 5.11 Å². The Kier molecular flexibility index (Phi) is 0.958. The van der Waals surface area contributed by atoms with Crippen LogP contribution in [0.1, 0.15) is 0 Å². The predicted octanol–water partition coefficient (Wildman–Crippen LogP) is 0.694. The first-order valence-electron chi connectivity index (χ1n) is 2.75. The quantitative estimate of drug-likeness (QED) is 0.579. The fourth-order valence-electron chi connectivity index (χ4n) is 0.896. The van der Waals surface area contributed by atoms with Gasteiger partial charge >= 0.3 is 0 Å². The van der Waals surface area contributed by atoms with Crippen LogP contribution in [0.3, 0.4) is 0 Å². The number of aryl methyl sites for hydroxylation is 1. The Bertz CT molecular complexity index is 211. The van der Waals surface area contributed by atoms with Crippen LogP contribution in [-0.2, 0) is 6.54 Å². The van der Waals surface area contributed by atoms with Crippen molar-refractivity contribution in [1.82, 2.24) is 9.55 Å². The molecule has 0 fully saturated rings. The van der Waals surface area contributed by atoms with Crippen molar-refractivity contribution in [3.8, 4) is 5.88 Å². The third-order valence-corrected chi connectivity index (χ3v) is 2.26. The highest BCUT2D eigenvalue weighted by molar-refractivity contribution is 7.99. The van der Waals surface area contributed by atoms with Crippen LogP contribution in [0.25, 0.3) is 0 Å². The van der Waals surface area contributed by atoms with E-state index >= 15 is 0 Å². The second-order valence-electron chi connectivity index (χ2n) is 1.92. The lowest BCUT2D eigenvalue weighted by molar-refractivity contribution is 0.453. The maximum absolute atomic E-state index is 8.85. The number of hydrogen-bond acceptors (Lipinski definition) is 3. The lowest BCUT2D eigenvalue weighted by Gasteiger charge is -1.86. The molecular weight excluding hydrogens is 136 g/mol. The molecule has 2 heterocycles. The van der Waals surface area contributed by atoms with Crippen LogP contribution < -0.4 is 0 Å². The van der Waals surface area contributed by atoms with Gasteiger partial charge in [-0.1, -0.05) is 11.8 Å². The molecule has 1 N–H and O–H groups in total. The molecule has 0 saturated heterocycles. The second-order valence-corrected chi connectivity index (χ2v) is 2.99. The van der Waals surface area contributed by atoms with Crippen molar-refractivity contribution in [1.29, 1.82) is 0 Å². The van der Waals surface area contributed by atoms with Crippen LogP contribution in [-0.4, -0.2) is 20.4 Å². The van der Waals surface area contributed by atoms with Gasteiger partial charge in [-0.15, -0.1) is 0 Å². The average molecular weight is 142 g/mol. The zero-order valence-corrected chi connectivity index (χ0v) is 5.56. The number of aromatic nitrogens is 2. The van der Waals surface area contributed by atoms with Crippen LogP contribution in [0.5, 0.6) is 5.88 Å². The molecule has 0 spiro atoms. The van der Waals surface area contributed by atoms with E-state index in [-0.39, 0.29) is 5.88 Å². The molecule has 0 aromatic carbocycles. The van der Waals surface area contributed by atoms with Crippen LogP contribution in [0.4, 0.5) is 0 Å². The Labute approximate surface area is 56.7 Å². The predicted molar refractivity (Wildman–Crippen MR) is 34.6 cm³/mol. The lowest BCUT2D eigenvalue weighted by Crippen LogP contribution is -1.88. The molecule has 0 unspecified atom stereocenters. The van der Waals surface area contributed by atoms with Crippen LogP contribution in [0.2, 0.25) is 0 Å². The highest BCUT2D eigenvalue weighted by atomic mass is 32.2. The summed E-state index contributed by atoms with van der Waals surface area (Å²) < 4.78 is 1.96. The molecule has 0 radical (unpaired) electrons. The summed E-state index contributed by atoms with van der Waals surface area (Å²) in [5, 5.41) is 9.79. The summed E-state index contributed by atoms with van der Waals surface area (Å²) in [6.07, 6.45) is 1.66. The van der Waals surface area contributed by atoms with Gasteiger partial charge in [0.2, 0.25) is 5.88 Å². The number of fused-ring (bicyclic) bond motifs is 1. The smallest absolute Gasteiger partial charge is 0.230 e. The Balaban J connectivity index is 2.51. The highest BCUT2D eigenvalue weighted by Gasteiger charge is 2.12. The molecule has 1 aliphatic rings. The summed E-state index contributed by atoms with van der Waals surface area (Å²) in [5.74, 6) is 1.22. The van der Waals surface area contributed by atoms with Gasteiger partial charge in [-0.25, -0.2) is 0 Å². The number of aromatic hydroxyl groups is 1. The Hall–Kier alpha value is -0.640. The van der Waals surface area contributed by atoms with E-state index in [2.05, 4.69) is 4.98 Å². The minimum absolute atomic E-state index is 0.136. The van der Waals surface area contributed by atoms with Gasteiger partial charge in [0.15, 0.2) is 5.16 Å². The normalized spacial score (nSPS) is 16.0. The molecule has 0 aliphatic carbocycles. The van der Waals surface area contributed by atoms with E-state index in [1.165, 1.54) is 0 Å². The van der Waals surface area contributed by atoms with Gasteiger partial charge in [0.05, 0.1) is 6.20 Å². The van der Waals surface area contributed by atoms with E-state index in [9.17, 15) is 0 Å². The van der Waals surface area contributed by atoms with Gasteiger partial charge < -0.3 is 9.67 Å². The molecule has 0 amide bonds. The Morgan fingerprint density at radius 1 is 1.78 bits per heavy atom. The van der Waals surface area contributed by atoms with Gasteiger partial charge in [-0.2, -0.15) is 4.98 Å². The van der Waals surface area contributed by atoms with Crippen molar-refractivity contribution in [3.63, 3.8) is 0 Å². The third kappa shape index (κ3) is 0.702. The molecule has 3 nitrogen and oxygen atoms in total. The first-order chi connectivity index (χ1) is 4.36. The standard InChI is InChI=1S/C5H6N2OS/c8-4-3-7-1-2-9-5(7)6-4/h3,8H,1-2H2. The minimum Gasteiger partial charge on any atom is -0.492 e. The van der Waals surface area contributed by atoms with Crippen LogP contribution >= 0.6 is 11.8 Å². The van der Waals surface area contributed by atoms with E-state index in [4.69, 9.17) is 5.11 Å². The molecule has 48 valence electrons.